The van der Waals surface area contributed by atoms with Gasteiger partial charge in [0.25, 0.3) is 0 Å². The summed E-state index contributed by atoms with van der Waals surface area (Å²) in [6.07, 6.45) is 0. The van der Waals surface area contributed by atoms with Crippen molar-refractivity contribution in [1.82, 2.24) is 5.32 Å². The van der Waals surface area contributed by atoms with Crippen molar-refractivity contribution in [2.45, 2.75) is 20.1 Å². The summed E-state index contributed by atoms with van der Waals surface area (Å²) >= 11 is 11.8. The van der Waals surface area contributed by atoms with Gasteiger partial charge in [-0.3, -0.25) is 0 Å². The van der Waals surface area contributed by atoms with E-state index in [1.54, 1.807) is 30.3 Å². The Morgan fingerprint density at radius 1 is 1.10 bits per heavy atom. The van der Waals surface area contributed by atoms with Crippen LogP contribution in [-0.4, -0.2) is 6.54 Å². The Kier molecular flexibility index (Phi) is 5.85. The summed E-state index contributed by atoms with van der Waals surface area (Å²) in [5.41, 5.74) is 1.52. The third-order valence-electron chi connectivity index (χ3n) is 2.92. The molecule has 1 N–H and O–H groups in total. The predicted octanol–water partition coefficient (Wildman–Crippen LogP) is 4.82. The highest BCUT2D eigenvalue weighted by molar-refractivity contribution is 6.34. The van der Waals surface area contributed by atoms with Gasteiger partial charge in [0, 0.05) is 22.2 Å². The van der Waals surface area contributed by atoms with Gasteiger partial charge in [0.2, 0.25) is 0 Å². The van der Waals surface area contributed by atoms with Crippen molar-refractivity contribution in [2.75, 3.05) is 6.54 Å². The van der Waals surface area contributed by atoms with E-state index in [4.69, 9.17) is 27.9 Å². The lowest BCUT2D eigenvalue weighted by Gasteiger charge is -2.10. The molecule has 0 amide bonds. The molecule has 0 bridgehead atoms. The molecule has 2 aromatic rings. The lowest BCUT2D eigenvalue weighted by Crippen LogP contribution is -2.12. The van der Waals surface area contributed by atoms with Gasteiger partial charge >= 0.3 is 0 Å². The maximum Gasteiger partial charge on any atom is 0.129 e. The Morgan fingerprint density at radius 3 is 2.48 bits per heavy atom. The number of ether oxygens (including phenoxy) is 1. The van der Waals surface area contributed by atoms with E-state index in [-0.39, 0.29) is 12.4 Å². The maximum absolute atomic E-state index is 13.8. The number of hydrogen-bond donors (Lipinski definition) is 1. The number of rotatable bonds is 6. The highest BCUT2D eigenvalue weighted by Gasteiger charge is 2.06. The first kappa shape index (κ1) is 16.1. The van der Waals surface area contributed by atoms with E-state index in [0.717, 1.165) is 12.1 Å². The van der Waals surface area contributed by atoms with Crippen LogP contribution in [0.3, 0.4) is 0 Å². The molecule has 0 saturated heterocycles. The Balaban J connectivity index is 2.08. The van der Waals surface area contributed by atoms with Crippen LogP contribution in [0, 0.1) is 5.82 Å². The molecule has 2 rings (SSSR count). The second-order valence-corrected chi connectivity index (χ2v) is 5.47. The van der Waals surface area contributed by atoms with Crippen LogP contribution in [-0.2, 0) is 13.2 Å². The van der Waals surface area contributed by atoms with Gasteiger partial charge in [-0.15, -0.1) is 0 Å². The number of benzene rings is 2. The molecule has 2 nitrogen and oxygen atoms in total. The van der Waals surface area contributed by atoms with Crippen molar-refractivity contribution in [2.24, 2.45) is 0 Å². The van der Waals surface area contributed by atoms with Crippen LogP contribution in [0.2, 0.25) is 10.0 Å². The van der Waals surface area contributed by atoms with Crippen LogP contribution in [0.5, 0.6) is 5.75 Å². The minimum absolute atomic E-state index is 0.127. The van der Waals surface area contributed by atoms with Gasteiger partial charge in [0.1, 0.15) is 18.2 Å². The zero-order valence-electron chi connectivity index (χ0n) is 11.6. The van der Waals surface area contributed by atoms with Gasteiger partial charge in [0.15, 0.2) is 0 Å². The molecule has 0 aliphatic rings. The summed E-state index contributed by atoms with van der Waals surface area (Å²) in [7, 11) is 0. The van der Waals surface area contributed by atoms with Crippen LogP contribution in [0.25, 0.3) is 0 Å². The van der Waals surface area contributed by atoms with E-state index >= 15 is 0 Å². The van der Waals surface area contributed by atoms with E-state index in [1.807, 2.05) is 6.92 Å². The zero-order valence-corrected chi connectivity index (χ0v) is 13.1. The first-order valence-corrected chi connectivity index (χ1v) is 7.41. The van der Waals surface area contributed by atoms with E-state index < -0.39 is 0 Å². The molecular weight excluding hydrogens is 312 g/mol. The van der Waals surface area contributed by atoms with Crippen LogP contribution in [0.4, 0.5) is 4.39 Å². The smallest absolute Gasteiger partial charge is 0.129 e. The molecule has 21 heavy (non-hydrogen) atoms. The van der Waals surface area contributed by atoms with Crippen LogP contribution in [0.15, 0.2) is 36.4 Å². The molecule has 112 valence electrons. The fourth-order valence-electron chi connectivity index (χ4n) is 1.89. The maximum atomic E-state index is 13.8. The van der Waals surface area contributed by atoms with Crippen LogP contribution in [0.1, 0.15) is 18.1 Å². The molecule has 0 fully saturated rings. The van der Waals surface area contributed by atoms with Gasteiger partial charge in [-0.05, 0) is 42.4 Å². The van der Waals surface area contributed by atoms with Gasteiger partial charge in [-0.25, -0.2) is 4.39 Å². The first-order valence-electron chi connectivity index (χ1n) is 6.65. The molecule has 0 aromatic heterocycles. The Bertz CT molecular complexity index is 599. The Morgan fingerprint density at radius 2 is 1.81 bits per heavy atom. The minimum Gasteiger partial charge on any atom is -0.489 e. The average molecular weight is 328 g/mol. The lowest BCUT2D eigenvalue weighted by molar-refractivity contribution is 0.299. The summed E-state index contributed by atoms with van der Waals surface area (Å²) in [6.45, 7) is 3.72. The van der Waals surface area contributed by atoms with Crippen molar-refractivity contribution in [1.29, 1.82) is 0 Å². The summed E-state index contributed by atoms with van der Waals surface area (Å²) in [5, 5.41) is 4.17. The Hall–Kier alpha value is -1.29. The van der Waals surface area contributed by atoms with E-state index in [2.05, 4.69) is 5.32 Å². The highest BCUT2D eigenvalue weighted by atomic mass is 35.5. The zero-order chi connectivity index (χ0) is 15.2. The summed E-state index contributed by atoms with van der Waals surface area (Å²) in [5.74, 6) is 0.229. The Labute approximate surface area is 133 Å². The quantitative estimate of drug-likeness (QED) is 0.821. The molecule has 0 unspecified atom stereocenters. The molecular formula is C16H16Cl2FNO. The largest absolute Gasteiger partial charge is 0.489 e. The van der Waals surface area contributed by atoms with E-state index in [1.165, 1.54) is 6.07 Å². The van der Waals surface area contributed by atoms with Crippen molar-refractivity contribution < 1.29 is 9.13 Å². The number of nitrogens with one attached hydrogen (secondary N) is 1. The molecule has 0 radical (unpaired) electrons. The molecule has 0 aliphatic carbocycles. The third-order valence-corrected chi connectivity index (χ3v) is 3.36. The summed E-state index contributed by atoms with van der Waals surface area (Å²) in [4.78, 5) is 0. The molecule has 0 heterocycles. The highest BCUT2D eigenvalue weighted by Crippen LogP contribution is 2.25. The monoisotopic (exact) mass is 327 g/mol. The van der Waals surface area contributed by atoms with Crippen LogP contribution >= 0.6 is 23.2 Å². The van der Waals surface area contributed by atoms with Gasteiger partial charge in [0.05, 0.1) is 0 Å². The second-order valence-electron chi connectivity index (χ2n) is 4.60. The van der Waals surface area contributed by atoms with Crippen molar-refractivity contribution in [3.8, 4) is 5.75 Å². The average Bonchev–Trinajstić information content (AvgIpc) is 2.44. The number of hydrogen-bond acceptors (Lipinski definition) is 2. The van der Waals surface area contributed by atoms with Crippen molar-refractivity contribution >= 4 is 23.2 Å². The molecule has 0 spiro atoms. The molecule has 0 saturated carbocycles. The minimum atomic E-state index is -0.289. The van der Waals surface area contributed by atoms with E-state index in [9.17, 15) is 4.39 Å². The lowest BCUT2D eigenvalue weighted by atomic mass is 10.1. The van der Waals surface area contributed by atoms with Gasteiger partial charge in [-0.1, -0.05) is 36.2 Å². The van der Waals surface area contributed by atoms with E-state index in [0.29, 0.717) is 27.9 Å². The van der Waals surface area contributed by atoms with Crippen molar-refractivity contribution in [3.05, 3.63) is 63.4 Å². The first-order chi connectivity index (χ1) is 10.1. The fourth-order valence-corrected chi connectivity index (χ4v) is 2.40. The third kappa shape index (κ3) is 4.88. The predicted molar refractivity (Wildman–Crippen MR) is 84.6 cm³/mol. The number of halogens is 3. The van der Waals surface area contributed by atoms with Crippen LogP contribution < -0.4 is 10.1 Å². The fraction of sp³-hybridized carbons (Fsp3) is 0.250. The second kappa shape index (κ2) is 7.64. The van der Waals surface area contributed by atoms with Gasteiger partial charge in [-0.2, -0.15) is 0 Å². The molecule has 0 atom stereocenters. The van der Waals surface area contributed by atoms with Crippen molar-refractivity contribution in [3.63, 3.8) is 0 Å². The van der Waals surface area contributed by atoms with Gasteiger partial charge < -0.3 is 10.1 Å². The standard InChI is InChI=1S/C16H16Cl2FNO/c1-2-20-9-11-3-4-16(19)12(5-11)10-21-15-7-13(17)6-14(18)8-15/h3-8,20H,2,9-10H2,1H3. The topological polar surface area (TPSA) is 21.3 Å². The normalized spacial score (nSPS) is 10.7. The summed E-state index contributed by atoms with van der Waals surface area (Å²) in [6, 6.07) is 9.92. The molecule has 5 heteroatoms. The molecule has 0 aliphatic heterocycles. The SMILES string of the molecule is CCNCc1ccc(F)c(COc2cc(Cl)cc(Cl)c2)c1. The summed E-state index contributed by atoms with van der Waals surface area (Å²) < 4.78 is 19.4. The molecule has 2 aromatic carbocycles.